The van der Waals surface area contributed by atoms with Gasteiger partial charge in [-0.3, -0.25) is 10.3 Å². The Morgan fingerprint density at radius 3 is 2.50 bits per heavy atom. The maximum absolute atomic E-state index is 12.1. The summed E-state index contributed by atoms with van der Waals surface area (Å²) in [6.45, 7) is 0. The van der Waals surface area contributed by atoms with Gasteiger partial charge in [-0.05, 0) is 36.4 Å². The fraction of sp³-hybridized carbons (Fsp3) is 0. The molecule has 1 aromatic heterocycles. The highest BCUT2D eigenvalue weighted by atomic mass is 35.5. The molecule has 0 bridgehead atoms. The van der Waals surface area contributed by atoms with Crippen LogP contribution < -0.4 is 10.1 Å². The van der Waals surface area contributed by atoms with Crippen LogP contribution in [0.2, 0.25) is 20.1 Å². The maximum Gasteiger partial charge on any atom is 0.417 e. The summed E-state index contributed by atoms with van der Waals surface area (Å²) in [6, 6.07) is 9.63. The number of rotatable bonds is 2. The van der Waals surface area contributed by atoms with Gasteiger partial charge in [0.25, 0.3) is 0 Å². The van der Waals surface area contributed by atoms with Gasteiger partial charge in [-0.2, -0.15) is 0 Å². The molecule has 0 saturated carbocycles. The van der Waals surface area contributed by atoms with Crippen molar-refractivity contribution in [2.45, 2.75) is 0 Å². The molecular formula is C16H8Cl4N2O2. The van der Waals surface area contributed by atoms with Gasteiger partial charge in [0.2, 0.25) is 0 Å². The summed E-state index contributed by atoms with van der Waals surface area (Å²) >= 11 is 24.0. The van der Waals surface area contributed by atoms with Crippen LogP contribution in [0.3, 0.4) is 0 Å². The van der Waals surface area contributed by atoms with E-state index in [2.05, 4.69) is 10.3 Å². The van der Waals surface area contributed by atoms with Crippen LogP contribution in [0.25, 0.3) is 10.9 Å². The van der Waals surface area contributed by atoms with E-state index in [-0.39, 0.29) is 10.8 Å². The van der Waals surface area contributed by atoms with Crippen molar-refractivity contribution in [3.63, 3.8) is 0 Å². The van der Waals surface area contributed by atoms with Gasteiger partial charge in [-0.1, -0.05) is 46.4 Å². The fourth-order valence-electron chi connectivity index (χ4n) is 2.05. The van der Waals surface area contributed by atoms with E-state index in [4.69, 9.17) is 51.1 Å². The molecule has 1 heterocycles. The number of carbonyl (C=O) groups is 1. The Labute approximate surface area is 157 Å². The number of fused-ring (bicyclic) bond motifs is 1. The molecule has 3 rings (SSSR count). The minimum atomic E-state index is -0.746. The maximum atomic E-state index is 12.1. The Morgan fingerprint density at radius 1 is 0.958 bits per heavy atom. The van der Waals surface area contributed by atoms with Gasteiger partial charge in [0.15, 0.2) is 5.75 Å². The Balaban J connectivity index is 1.89. The molecule has 122 valence electrons. The van der Waals surface area contributed by atoms with Crippen molar-refractivity contribution < 1.29 is 9.53 Å². The zero-order valence-corrected chi connectivity index (χ0v) is 14.8. The Bertz CT molecular complexity index is 947. The van der Waals surface area contributed by atoms with Crippen molar-refractivity contribution in [3.05, 3.63) is 62.7 Å². The number of benzene rings is 2. The quantitative estimate of drug-likeness (QED) is 0.536. The number of nitrogens with zero attached hydrogens (tertiary/aromatic N) is 1. The molecule has 3 aromatic rings. The number of hydrogen-bond acceptors (Lipinski definition) is 3. The van der Waals surface area contributed by atoms with Gasteiger partial charge in [0.05, 0.1) is 20.1 Å². The summed E-state index contributed by atoms with van der Waals surface area (Å²) in [5, 5.41) is 4.45. The highest BCUT2D eigenvalue weighted by molar-refractivity contribution is 6.42. The predicted molar refractivity (Wildman–Crippen MR) is 97.9 cm³/mol. The molecular weight excluding hydrogens is 394 g/mol. The average Bonchev–Trinajstić information content (AvgIpc) is 2.55. The number of anilines is 1. The predicted octanol–water partition coefficient (Wildman–Crippen LogP) is 6.46. The number of halogens is 4. The molecule has 1 amide bonds. The molecule has 8 heteroatoms. The van der Waals surface area contributed by atoms with Crippen LogP contribution in [0, 0.1) is 0 Å². The van der Waals surface area contributed by atoms with Crippen LogP contribution in [0.1, 0.15) is 0 Å². The van der Waals surface area contributed by atoms with Crippen LogP contribution in [-0.2, 0) is 0 Å². The molecule has 0 fully saturated rings. The van der Waals surface area contributed by atoms with E-state index < -0.39 is 6.09 Å². The topological polar surface area (TPSA) is 51.2 Å². The number of nitrogens with one attached hydrogen (secondary N) is 1. The van der Waals surface area contributed by atoms with E-state index in [1.165, 1.54) is 12.1 Å². The number of hydrogen-bond donors (Lipinski definition) is 1. The van der Waals surface area contributed by atoms with Crippen LogP contribution in [0.5, 0.6) is 5.75 Å². The first-order chi connectivity index (χ1) is 11.5. The normalized spacial score (nSPS) is 10.7. The second-order valence-corrected chi connectivity index (χ2v) is 6.34. The van der Waals surface area contributed by atoms with E-state index in [0.717, 1.165) is 0 Å². The molecule has 0 aliphatic heterocycles. The van der Waals surface area contributed by atoms with Crippen LogP contribution in [-0.4, -0.2) is 11.1 Å². The summed E-state index contributed by atoms with van der Waals surface area (Å²) in [6.07, 6.45) is 0.809. The molecule has 0 radical (unpaired) electrons. The zero-order chi connectivity index (χ0) is 17.3. The van der Waals surface area contributed by atoms with Crippen molar-refractivity contribution in [1.29, 1.82) is 0 Å². The Hall–Kier alpha value is -1.72. The standard InChI is InChI=1S/C16H8Cl4N2O2/c17-10-4-3-8(6-12(10)19)22-16(23)24-15-13(20)7-11(18)9-2-1-5-21-14(9)15/h1-7H,(H,22,23). The van der Waals surface area contributed by atoms with E-state index in [0.29, 0.717) is 31.7 Å². The SMILES string of the molecule is O=C(Nc1ccc(Cl)c(Cl)c1)Oc1c(Cl)cc(Cl)c2cccnc12. The minimum absolute atomic E-state index is 0.120. The van der Waals surface area contributed by atoms with Crippen LogP contribution in [0.15, 0.2) is 42.6 Å². The molecule has 24 heavy (non-hydrogen) atoms. The lowest BCUT2D eigenvalue weighted by atomic mass is 10.2. The number of aromatic nitrogens is 1. The summed E-state index contributed by atoms with van der Waals surface area (Å²) in [5.41, 5.74) is 0.816. The van der Waals surface area contributed by atoms with Gasteiger partial charge in [-0.25, -0.2) is 4.79 Å². The van der Waals surface area contributed by atoms with Crippen LogP contribution >= 0.6 is 46.4 Å². The van der Waals surface area contributed by atoms with Crippen molar-refractivity contribution in [1.82, 2.24) is 4.98 Å². The third-order valence-electron chi connectivity index (χ3n) is 3.11. The number of amides is 1. The summed E-state index contributed by atoms with van der Waals surface area (Å²) in [7, 11) is 0. The molecule has 0 aliphatic rings. The number of pyridine rings is 1. The molecule has 2 aromatic carbocycles. The summed E-state index contributed by atoms with van der Waals surface area (Å²) in [4.78, 5) is 16.3. The highest BCUT2D eigenvalue weighted by Crippen LogP contribution is 2.37. The number of ether oxygens (including phenoxy) is 1. The third-order valence-corrected chi connectivity index (χ3v) is 4.44. The first kappa shape index (κ1) is 17.1. The molecule has 0 spiro atoms. The van der Waals surface area contributed by atoms with E-state index in [1.54, 1.807) is 30.5 Å². The molecule has 0 unspecified atom stereocenters. The van der Waals surface area contributed by atoms with E-state index in [1.807, 2.05) is 0 Å². The number of carbonyl (C=O) groups excluding carboxylic acids is 1. The largest absolute Gasteiger partial charge is 0.417 e. The van der Waals surface area contributed by atoms with E-state index >= 15 is 0 Å². The Morgan fingerprint density at radius 2 is 1.75 bits per heavy atom. The lowest BCUT2D eigenvalue weighted by Crippen LogP contribution is -2.17. The average molecular weight is 402 g/mol. The fourth-order valence-corrected chi connectivity index (χ4v) is 2.91. The van der Waals surface area contributed by atoms with Crippen molar-refractivity contribution in [3.8, 4) is 5.75 Å². The first-order valence-electron chi connectivity index (χ1n) is 6.62. The van der Waals surface area contributed by atoms with E-state index in [9.17, 15) is 4.79 Å². The Kier molecular flexibility index (Phi) is 5.01. The van der Waals surface area contributed by atoms with Gasteiger partial charge in [0.1, 0.15) is 5.52 Å². The second kappa shape index (κ2) is 7.03. The van der Waals surface area contributed by atoms with Gasteiger partial charge in [-0.15, -0.1) is 0 Å². The van der Waals surface area contributed by atoms with Gasteiger partial charge < -0.3 is 4.74 Å². The van der Waals surface area contributed by atoms with Gasteiger partial charge in [0, 0.05) is 17.3 Å². The van der Waals surface area contributed by atoms with Crippen molar-refractivity contribution in [2.75, 3.05) is 5.32 Å². The highest BCUT2D eigenvalue weighted by Gasteiger charge is 2.16. The van der Waals surface area contributed by atoms with Crippen molar-refractivity contribution >= 4 is 69.1 Å². The zero-order valence-electron chi connectivity index (χ0n) is 11.8. The lowest BCUT2D eigenvalue weighted by molar-refractivity contribution is 0.215. The molecule has 0 saturated heterocycles. The molecule has 4 nitrogen and oxygen atoms in total. The minimum Gasteiger partial charge on any atom is -0.406 e. The van der Waals surface area contributed by atoms with Crippen molar-refractivity contribution in [2.24, 2.45) is 0 Å². The smallest absolute Gasteiger partial charge is 0.406 e. The lowest BCUT2D eigenvalue weighted by Gasteiger charge is -2.11. The first-order valence-corrected chi connectivity index (χ1v) is 8.13. The second-order valence-electron chi connectivity index (χ2n) is 4.71. The molecule has 0 aliphatic carbocycles. The van der Waals surface area contributed by atoms with Crippen LogP contribution in [0.4, 0.5) is 10.5 Å². The van der Waals surface area contributed by atoms with Gasteiger partial charge >= 0.3 is 6.09 Å². The third kappa shape index (κ3) is 3.52. The summed E-state index contributed by atoms with van der Waals surface area (Å²) in [5.74, 6) is 0.120. The monoisotopic (exact) mass is 400 g/mol. The summed E-state index contributed by atoms with van der Waals surface area (Å²) < 4.78 is 5.31. The molecule has 1 N–H and O–H groups in total. The molecule has 0 atom stereocenters.